The minimum Gasteiger partial charge on any atom is -0.456 e. The molecular formula is C70H44N2O2. The van der Waals surface area contributed by atoms with Crippen LogP contribution in [0.15, 0.2) is 276 Å². The van der Waals surface area contributed by atoms with Gasteiger partial charge in [-0.25, -0.2) is 0 Å². The number of anilines is 6. The Morgan fingerprint density at radius 1 is 0.216 bits per heavy atom. The summed E-state index contributed by atoms with van der Waals surface area (Å²) in [4.78, 5) is 4.73. The molecule has 15 aromatic rings. The van der Waals surface area contributed by atoms with Crippen LogP contribution in [0.3, 0.4) is 0 Å². The van der Waals surface area contributed by atoms with E-state index in [1.54, 1.807) is 0 Å². The molecule has 2 heterocycles. The van der Waals surface area contributed by atoms with Crippen LogP contribution in [-0.2, 0) is 0 Å². The van der Waals surface area contributed by atoms with Crippen LogP contribution in [0, 0.1) is 0 Å². The number of hydrogen-bond acceptors (Lipinski definition) is 4. The highest BCUT2D eigenvalue weighted by Gasteiger charge is 2.24. The van der Waals surface area contributed by atoms with Crippen molar-refractivity contribution in [1.29, 1.82) is 0 Å². The van der Waals surface area contributed by atoms with Gasteiger partial charge in [0.05, 0.1) is 11.4 Å². The van der Waals surface area contributed by atoms with Crippen LogP contribution in [0.5, 0.6) is 0 Å². The van der Waals surface area contributed by atoms with Crippen molar-refractivity contribution in [3.05, 3.63) is 267 Å². The number of furan rings is 2. The van der Waals surface area contributed by atoms with Crippen LogP contribution >= 0.6 is 0 Å². The summed E-state index contributed by atoms with van der Waals surface area (Å²) < 4.78 is 13.5. The Hall–Kier alpha value is -9.90. The van der Waals surface area contributed by atoms with E-state index >= 15 is 0 Å². The Kier molecular flexibility index (Phi) is 9.54. The predicted molar refractivity (Wildman–Crippen MR) is 311 cm³/mol. The molecule has 0 spiro atoms. The third kappa shape index (κ3) is 6.69. The van der Waals surface area contributed by atoms with E-state index in [0.29, 0.717) is 0 Å². The lowest BCUT2D eigenvalue weighted by Crippen LogP contribution is -2.10. The average Bonchev–Trinajstić information content (AvgIpc) is 4.06. The molecule has 0 bridgehead atoms. The molecule has 15 rings (SSSR count). The number of hydrogen-bond donors (Lipinski definition) is 0. The first-order chi connectivity index (χ1) is 36.7. The summed E-state index contributed by atoms with van der Waals surface area (Å²) in [6, 6.07) is 95.7. The summed E-state index contributed by atoms with van der Waals surface area (Å²) in [6.07, 6.45) is 0. The molecule has 0 saturated carbocycles. The van der Waals surface area contributed by atoms with Gasteiger partial charge < -0.3 is 18.6 Å². The highest BCUT2D eigenvalue weighted by atomic mass is 16.3. The number of para-hydroxylation sites is 1. The Morgan fingerprint density at radius 2 is 0.527 bits per heavy atom. The number of benzene rings is 13. The third-order valence-electron chi connectivity index (χ3n) is 15.0. The van der Waals surface area contributed by atoms with Gasteiger partial charge in [0, 0.05) is 67.2 Å². The quantitative estimate of drug-likeness (QED) is 0.152. The molecule has 4 heteroatoms. The fourth-order valence-electron chi connectivity index (χ4n) is 11.6. The zero-order valence-electron chi connectivity index (χ0n) is 40.1. The molecule has 4 nitrogen and oxygen atoms in total. The van der Waals surface area contributed by atoms with Gasteiger partial charge in [-0.15, -0.1) is 0 Å². The van der Waals surface area contributed by atoms with Gasteiger partial charge in [0.15, 0.2) is 0 Å². The van der Waals surface area contributed by atoms with Crippen LogP contribution < -0.4 is 9.80 Å². The lowest BCUT2D eigenvalue weighted by molar-refractivity contribution is 0.669. The predicted octanol–water partition coefficient (Wildman–Crippen LogP) is 20.4. The maximum Gasteiger partial charge on any atom is 0.138 e. The minimum atomic E-state index is 0.858. The highest BCUT2D eigenvalue weighted by Crippen LogP contribution is 2.49. The monoisotopic (exact) mass is 944 g/mol. The SMILES string of the molecule is c1ccc(-c2ccc(N(c3ccc(-c4ccc(N(c5ccccc5)c5cc6oc7ccc8ccccc8c7c6c6ccccc56)cc4)cc3)c3cc4oc5ccc6ccccc6c5c4c4ccccc34)cc2)cc1. The van der Waals surface area contributed by atoms with Crippen molar-refractivity contribution >= 4 is 121 Å². The minimum absolute atomic E-state index is 0.858. The Labute approximate surface area is 426 Å². The number of fused-ring (bicyclic) bond motifs is 14. The van der Waals surface area contributed by atoms with Crippen LogP contribution in [-0.4, -0.2) is 0 Å². The Morgan fingerprint density at radius 3 is 0.946 bits per heavy atom. The van der Waals surface area contributed by atoms with Crippen molar-refractivity contribution in [1.82, 2.24) is 0 Å². The van der Waals surface area contributed by atoms with Crippen molar-refractivity contribution in [3.8, 4) is 22.3 Å². The second-order valence-electron chi connectivity index (χ2n) is 19.2. The summed E-state index contributed by atoms with van der Waals surface area (Å²) in [5, 5.41) is 14.0. The fourth-order valence-corrected chi connectivity index (χ4v) is 11.6. The molecule has 0 unspecified atom stereocenters. The van der Waals surface area contributed by atoms with E-state index in [-0.39, 0.29) is 0 Å². The molecular weight excluding hydrogens is 901 g/mol. The molecule has 0 aliphatic rings. The number of rotatable bonds is 8. The topological polar surface area (TPSA) is 32.8 Å². The van der Waals surface area contributed by atoms with Gasteiger partial charge in [0.1, 0.15) is 22.3 Å². The van der Waals surface area contributed by atoms with Gasteiger partial charge in [-0.2, -0.15) is 0 Å². The average molecular weight is 945 g/mol. The molecule has 0 N–H and O–H groups in total. The van der Waals surface area contributed by atoms with Crippen LogP contribution in [0.1, 0.15) is 0 Å². The second kappa shape index (κ2) is 16.9. The fraction of sp³-hybridized carbons (Fsp3) is 0. The smallest absolute Gasteiger partial charge is 0.138 e. The number of nitrogens with zero attached hydrogens (tertiary/aromatic N) is 2. The van der Waals surface area contributed by atoms with Gasteiger partial charge in [0.2, 0.25) is 0 Å². The normalized spacial score (nSPS) is 11.8. The molecule has 2 aromatic heterocycles. The summed E-state index contributed by atoms with van der Waals surface area (Å²) in [7, 11) is 0. The first-order valence-electron chi connectivity index (χ1n) is 25.2. The third-order valence-corrected chi connectivity index (χ3v) is 15.0. The molecule has 74 heavy (non-hydrogen) atoms. The van der Waals surface area contributed by atoms with Crippen molar-refractivity contribution in [2.24, 2.45) is 0 Å². The maximum absolute atomic E-state index is 6.80. The van der Waals surface area contributed by atoms with E-state index in [9.17, 15) is 0 Å². The van der Waals surface area contributed by atoms with Gasteiger partial charge in [0.25, 0.3) is 0 Å². The Balaban J connectivity index is 0.844. The van der Waals surface area contributed by atoms with Crippen molar-refractivity contribution in [2.45, 2.75) is 0 Å². The van der Waals surface area contributed by atoms with Crippen molar-refractivity contribution in [2.75, 3.05) is 9.80 Å². The van der Waals surface area contributed by atoms with Gasteiger partial charge >= 0.3 is 0 Å². The molecule has 0 aliphatic heterocycles. The molecule has 0 radical (unpaired) electrons. The van der Waals surface area contributed by atoms with E-state index in [2.05, 4.69) is 277 Å². The van der Waals surface area contributed by atoms with E-state index in [1.807, 2.05) is 0 Å². The summed E-state index contributed by atoms with van der Waals surface area (Å²) in [5.41, 5.74) is 14.4. The molecule has 0 fully saturated rings. The largest absolute Gasteiger partial charge is 0.456 e. The van der Waals surface area contributed by atoms with Gasteiger partial charge in [-0.05, 0) is 115 Å². The molecule has 0 aliphatic carbocycles. The lowest BCUT2D eigenvalue weighted by atomic mass is 9.97. The molecule has 0 saturated heterocycles. The first kappa shape index (κ1) is 41.8. The van der Waals surface area contributed by atoms with Gasteiger partial charge in [-0.3, -0.25) is 0 Å². The van der Waals surface area contributed by atoms with E-state index < -0.39 is 0 Å². The lowest BCUT2D eigenvalue weighted by Gasteiger charge is -2.28. The first-order valence-corrected chi connectivity index (χ1v) is 25.2. The van der Waals surface area contributed by atoms with Crippen LogP contribution in [0.25, 0.3) is 109 Å². The molecule has 0 amide bonds. The summed E-state index contributed by atoms with van der Waals surface area (Å²) in [6.45, 7) is 0. The molecule has 346 valence electrons. The van der Waals surface area contributed by atoms with E-state index in [4.69, 9.17) is 8.83 Å². The van der Waals surface area contributed by atoms with E-state index in [0.717, 1.165) is 111 Å². The van der Waals surface area contributed by atoms with E-state index in [1.165, 1.54) is 32.7 Å². The Bertz CT molecular complexity index is 4630. The van der Waals surface area contributed by atoms with Crippen LogP contribution in [0.2, 0.25) is 0 Å². The standard InChI is InChI=1S/C70H44N2O2/c1-3-15-45(16-4-1)46-27-35-53(36-28-46)72(62-44-66-70(60-26-14-12-24-58(60)62)68-56-22-10-8-18-50(56)34-42-64(68)74-66)54-39-31-48(32-40-54)47-29-37-52(38-30-47)71(51-19-5-2-6-20-51)61-43-65-69(59-25-13-11-23-57(59)61)67-55-21-9-7-17-49(55)33-41-63(67)73-65/h1-44H. The summed E-state index contributed by atoms with van der Waals surface area (Å²) in [5.74, 6) is 0. The van der Waals surface area contributed by atoms with Crippen molar-refractivity contribution in [3.63, 3.8) is 0 Å². The van der Waals surface area contributed by atoms with Gasteiger partial charge in [-0.1, -0.05) is 194 Å². The molecule has 13 aromatic carbocycles. The molecule has 0 atom stereocenters. The zero-order chi connectivity index (χ0) is 48.7. The second-order valence-corrected chi connectivity index (χ2v) is 19.2. The van der Waals surface area contributed by atoms with Crippen molar-refractivity contribution < 1.29 is 8.83 Å². The zero-order valence-corrected chi connectivity index (χ0v) is 40.1. The summed E-state index contributed by atoms with van der Waals surface area (Å²) >= 11 is 0. The van der Waals surface area contributed by atoms with Crippen LogP contribution in [0.4, 0.5) is 34.1 Å². The maximum atomic E-state index is 6.80. The highest BCUT2D eigenvalue weighted by molar-refractivity contribution is 6.30.